The van der Waals surface area contributed by atoms with Crippen LogP contribution in [0.3, 0.4) is 0 Å². The molecule has 1 fully saturated rings. The summed E-state index contributed by atoms with van der Waals surface area (Å²) in [6, 6.07) is 8.32. The molecule has 104 valence electrons. The molecule has 1 aliphatic rings. The van der Waals surface area contributed by atoms with E-state index >= 15 is 0 Å². The van der Waals surface area contributed by atoms with Crippen LogP contribution in [0.15, 0.2) is 24.3 Å². The maximum atomic E-state index is 12.3. The smallest absolute Gasteiger partial charge is 0.236 e. The van der Waals surface area contributed by atoms with Crippen molar-refractivity contribution < 1.29 is 9.53 Å². The van der Waals surface area contributed by atoms with Gasteiger partial charge in [0.1, 0.15) is 5.37 Å². The third-order valence-corrected chi connectivity index (χ3v) is 4.83. The predicted octanol–water partition coefficient (Wildman–Crippen LogP) is 2.99. The topological polar surface area (TPSA) is 29.5 Å². The number of hydrogen-bond donors (Lipinski definition) is 0. The number of thioether (sulfide) groups is 1. The Morgan fingerprint density at radius 3 is 2.79 bits per heavy atom. The van der Waals surface area contributed by atoms with Crippen molar-refractivity contribution in [2.24, 2.45) is 0 Å². The lowest BCUT2D eigenvalue weighted by molar-refractivity contribution is -0.130. The van der Waals surface area contributed by atoms with Crippen molar-refractivity contribution in [2.75, 3.05) is 20.3 Å². The Hall–Kier alpha value is -1.00. The summed E-state index contributed by atoms with van der Waals surface area (Å²) in [5.41, 5.74) is 2.50. The lowest BCUT2D eigenvalue weighted by atomic mass is 10.1. The van der Waals surface area contributed by atoms with E-state index in [1.165, 1.54) is 11.1 Å². The molecular weight excluding hydrogens is 258 g/mol. The zero-order chi connectivity index (χ0) is 13.8. The Kier molecular flexibility index (Phi) is 4.88. The molecular formula is C15H21NO2S. The predicted molar refractivity (Wildman–Crippen MR) is 79.2 cm³/mol. The van der Waals surface area contributed by atoms with Crippen LogP contribution in [0.4, 0.5) is 0 Å². The number of nitrogens with zero attached hydrogens (tertiary/aromatic N) is 1. The molecule has 0 aromatic heterocycles. The molecule has 1 amide bonds. The summed E-state index contributed by atoms with van der Waals surface area (Å²) in [7, 11) is 1.70. The van der Waals surface area contributed by atoms with Gasteiger partial charge in [-0.2, -0.15) is 0 Å². The molecule has 0 N–H and O–H groups in total. The molecule has 1 aliphatic heterocycles. The van der Waals surface area contributed by atoms with Crippen LogP contribution in [0.1, 0.15) is 29.8 Å². The molecule has 1 saturated heterocycles. The number of ether oxygens (including phenoxy) is 1. The number of carbonyl (C=O) groups excluding carboxylic acids is 1. The zero-order valence-electron chi connectivity index (χ0n) is 11.8. The Morgan fingerprint density at radius 1 is 1.37 bits per heavy atom. The van der Waals surface area contributed by atoms with E-state index in [9.17, 15) is 4.79 Å². The summed E-state index contributed by atoms with van der Waals surface area (Å²) >= 11 is 1.74. The SMILES string of the molecule is COCCCN1C(=O)[C@@H](C)S[C@@H]1c1ccccc1C. The molecule has 2 atom stereocenters. The van der Waals surface area contributed by atoms with Gasteiger partial charge in [-0.25, -0.2) is 0 Å². The highest BCUT2D eigenvalue weighted by Crippen LogP contribution is 2.43. The Balaban J connectivity index is 2.17. The number of benzene rings is 1. The van der Waals surface area contributed by atoms with Gasteiger partial charge < -0.3 is 9.64 Å². The van der Waals surface area contributed by atoms with Gasteiger partial charge in [0.2, 0.25) is 5.91 Å². The fourth-order valence-electron chi connectivity index (χ4n) is 2.39. The number of rotatable bonds is 5. The van der Waals surface area contributed by atoms with E-state index in [2.05, 4.69) is 19.1 Å². The summed E-state index contributed by atoms with van der Waals surface area (Å²) in [6.07, 6.45) is 0.887. The van der Waals surface area contributed by atoms with Crippen LogP contribution in [0, 0.1) is 6.92 Å². The molecule has 1 aromatic rings. The van der Waals surface area contributed by atoms with Crippen molar-refractivity contribution in [2.45, 2.75) is 30.9 Å². The Labute approximate surface area is 119 Å². The second kappa shape index (κ2) is 6.44. The normalized spacial score (nSPS) is 23.1. The van der Waals surface area contributed by atoms with E-state index in [1.54, 1.807) is 18.9 Å². The third-order valence-electron chi connectivity index (χ3n) is 3.45. The minimum atomic E-state index is 0.0483. The van der Waals surface area contributed by atoms with Gasteiger partial charge >= 0.3 is 0 Å². The van der Waals surface area contributed by atoms with Gasteiger partial charge in [-0.3, -0.25) is 4.79 Å². The lowest BCUT2D eigenvalue weighted by Gasteiger charge is -2.25. The molecule has 0 aliphatic carbocycles. The summed E-state index contributed by atoms with van der Waals surface area (Å²) in [4.78, 5) is 14.3. The standard InChI is InChI=1S/C15H21NO2S/c1-11-7-4-5-8-13(11)15-16(9-6-10-18-3)14(17)12(2)19-15/h4-5,7-8,12,15H,6,9-10H2,1-3H3/t12-,15-/m1/s1. The van der Waals surface area contributed by atoms with Gasteiger partial charge in [-0.15, -0.1) is 11.8 Å². The lowest BCUT2D eigenvalue weighted by Crippen LogP contribution is -2.32. The number of hydrogen-bond acceptors (Lipinski definition) is 3. The van der Waals surface area contributed by atoms with Crippen LogP contribution < -0.4 is 0 Å². The molecule has 1 aromatic carbocycles. The number of carbonyl (C=O) groups is 1. The van der Waals surface area contributed by atoms with Crippen LogP contribution in [-0.4, -0.2) is 36.3 Å². The average Bonchev–Trinajstić information content (AvgIpc) is 2.68. The molecule has 0 bridgehead atoms. The molecule has 0 spiro atoms. The van der Waals surface area contributed by atoms with Gasteiger partial charge in [-0.05, 0) is 31.4 Å². The maximum absolute atomic E-state index is 12.3. The van der Waals surface area contributed by atoms with Gasteiger partial charge in [0.05, 0.1) is 5.25 Å². The minimum absolute atomic E-state index is 0.0483. The van der Waals surface area contributed by atoms with Gasteiger partial charge in [0.25, 0.3) is 0 Å². The van der Waals surface area contributed by atoms with Crippen LogP contribution in [0.25, 0.3) is 0 Å². The first-order chi connectivity index (χ1) is 9.15. The largest absolute Gasteiger partial charge is 0.385 e. The Bertz CT molecular complexity index is 450. The highest BCUT2D eigenvalue weighted by molar-refractivity contribution is 8.01. The van der Waals surface area contributed by atoms with Crippen molar-refractivity contribution in [3.8, 4) is 0 Å². The highest BCUT2D eigenvalue weighted by Gasteiger charge is 2.38. The molecule has 3 nitrogen and oxygen atoms in total. The van der Waals surface area contributed by atoms with Crippen LogP contribution in [-0.2, 0) is 9.53 Å². The molecule has 19 heavy (non-hydrogen) atoms. The Morgan fingerprint density at radius 2 is 2.11 bits per heavy atom. The van der Waals surface area contributed by atoms with E-state index in [4.69, 9.17) is 4.74 Å². The van der Waals surface area contributed by atoms with Gasteiger partial charge in [0, 0.05) is 20.3 Å². The fraction of sp³-hybridized carbons (Fsp3) is 0.533. The summed E-state index contributed by atoms with van der Waals surface area (Å²) in [5.74, 6) is 0.245. The third kappa shape index (κ3) is 3.12. The number of aryl methyl sites for hydroxylation is 1. The van der Waals surface area contributed by atoms with Crippen LogP contribution >= 0.6 is 11.8 Å². The first-order valence-electron chi connectivity index (χ1n) is 6.65. The monoisotopic (exact) mass is 279 g/mol. The number of methoxy groups -OCH3 is 1. The van der Waals surface area contributed by atoms with Crippen molar-refractivity contribution in [1.82, 2.24) is 4.90 Å². The molecule has 2 rings (SSSR count). The summed E-state index contributed by atoms with van der Waals surface area (Å²) in [6.45, 7) is 5.57. The summed E-state index contributed by atoms with van der Waals surface area (Å²) < 4.78 is 5.08. The average molecular weight is 279 g/mol. The first kappa shape index (κ1) is 14.4. The van der Waals surface area contributed by atoms with Crippen molar-refractivity contribution in [3.63, 3.8) is 0 Å². The fourth-order valence-corrected chi connectivity index (χ4v) is 3.79. The van der Waals surface area contributed by atoms with E-state index in [-0.39, 0.29) is 16.5 Å². The second-order valence-corrected chi connectivity index (χ2v) is 6.29. The van der Waals surface area contributed by atoms with Crippen molar-refractivity contribution in [1.29, 1.82) is 0 Å². The quantitative estimate of drug-likeness (QED) is 0.776. The van der Waals surface area contributed by atoms with Gasteiger partial charge in [-0.1, -0.05) is 24.3 Å². The number of amides is 1. The van der Waals surface area contributed by atoms with Crippen molar-refractivity contribution >= 4 is 17.7 Å². The van der Waals surface area contributed by atoms with Crippen molar-refractivity contribution in [3.05, 3.63) is 35.4 Å². The summed E-state index contributed by atoms with van der Waals surface area (Å²) in [5, 5.41) is 0.202. The van der Waals surface area contributed by atoms with Gasteiger partial charge in [0.15, 0.2) is 0 Å². The van der Waals surface area contributed by atoms with Crippen LogP contribution in [0.2, 0.25) is 0 Å². The second-order valence-electron chi connectivity index (χ2n) is 4.87. The van der Waals surface area contributed by atoms with E-state index < -0.39 is 0 Å². The van der Waals surface area contributed by atoms with E-state index in [0.717, 1.165) is 13.0 Å². The maximum Gasteiger partial charge on any atom is 0.236 e. The highest BCUT2D eigenvalue weighted by atomic mass is 32.2. The zero-order valence-corrected chi connectivity index (χ0v) is 12.6. The van der Waals surface area contributed by atoms with E-state index in [0.29, 0.717) is 6.61 Å². The molecule has 0 saturated carbocycles. The minimum Gasteiger partial charge on any atom is -0.385 e. The van der Waals surface area contributed by atoms with E-state index in [1.807, 2.05) is 24.0 Å². The molecule has 0 radical (unpaired) electrons. The first-order valence-corrected chi connectivity index (χ1v) is 7.60. The molecule has 0 unspecified atom stereocenters. The van der Waals surface area contributed by atoms with Crippen LogP contribution in [0.5, 0.6) is 0 Å². The molecule has 4 heteroatoms. The molecule has 1 heterocycles.